The maximum atomic E-state index is 12.7. The van der Waals surface area contributed by atoms with Crippen molar-refractivity contribution >= 4 is 27.5 Å². The number of nitrogens with one attached hydrogen (secondary N) is 1. The van der Waals surface area contributed by atoms with Gasteiger partial charge in [0.25, 0.3) is 0 Å². The van der Waals surface area contributed by atoms with E-state index in [1.165, 1.54) is 16.4 Å². The fourth-order valence-electron chi connectivity index (χ4n) is 2.66. The highest BCUT2D eigenvalue weighted by Crippen LogP contribution is 2.24. The van der Waals surface area contributed by atoms with Gasteiger partial charge in [0.15, 0.2) is 0 Å². The van der Waals surface area contributed by atoms with Crippen molar-refractivity contribution in [1.82, 2.24) is 9.62 Å². The summed E-state index contributed by atoms with van der Waals surface area (Å²) in [5.41, 5.74) is 0. The average molecular weight is 359 g/mol. The second-order valence-electron chi connectivity index (χ2n) is 5.80. The van der Waals surface area contributed by atoms with Gasteiger partial charge < -0.3 is 5.32 Å². The summed E-state index contributed by atoms with van der Waals surface area (Å²) in [6.07, 6.45) is 3.37. The molecule has 5 nitrogen and oxygen atoms in total. The number of nitrogens with zero attached hydrogens (tertiary/aromatic N) is 1. The van der Waals surface area contributed by atoms with Crippen LogP contribution in [0.15, 0.2) is 29.2 Å². The summed E-state index contributed by atoms with van der Waals surface area (Å²) in [5.74, 6) is -0.322. The maximum absolute atomic E-state index is 12.7. The number of hydrogen-bond acceptors (Lipinski definition) is 3. The van der Waals surface area contributed by atoms with E-state index in [9.17, 15) is 13.2 Å². The largest absolute Gasteiger partial charge is 0.356 e. The van der Waals surface area contributed by atoms with E-state index in [4.69, 9.17) is 11.6 Å². The van der Waals surface area contributed by atoms with E-state index >= 15 is 0 Å². The topological polar surface area (TPSA) is 66.5 Å². The third kappa shape index (κ3) is 4.68. The fraction of sp³-hybridized carbons (Fsp3) is 0.562. The lowest BCUT2D eigenvalue weighted by Crippen LogP contribution is -2.45. The molecule has 0 spiro atoms. The molecule has 0 aliphatic carbocycles. The number of halogens is 1. The van der Waals surface area contributed by atoms with Gasteiger partial charge in [0.1, 0.15) is 0 Å². The number of unbranched alkanes of at least 4 members (excludes halogenated alkanes) is 1. The van der Waals surface area contributed by atoms with Crippen LogP contribution < -0.4 is 5.32 Å². The quantitative estimate of drug-likeness (QED) is 0.795. The van der Waals surface area contributed by atoms with Gasteiger partial charge in [-0.15, -0.1) is 0 Å². The minimum atomic E-state index is -3.58. The molecule has 0 aromatic heterocycles. The maximum Gasteiger partial charge on any atom is 0.243 e. The second kappa shape index (κ2) is 8.13. The predicted molar refractivity (Wildman–Crippen MR) is 90.9 cm³/mol. The molecule has 1 aromatic carbocycles. The molecule has 1 aliphatic rings. The standard InChI is InChI=1S/C16H23ClN2O3S/c1-2-3-10-18-16(20)13-5-4-11-19(12-13)23(21,22)15-8-6-14(17)7-9-15/h6-9,13H,2-5,10-12H2,1H3,(H,18,20)/t13-/m1/s1. The zero-order valence-electron chi connectivity index (χ0n) is 13.3. The van der Waals surface area contributed by atoms with Crippen LogP contribution in [0.3, 0.4) is 0 Å². The SMILES string of the molecule is CCCCNC(=O)[C@@H]1CCCN(S(=O)(=O)c2ccc(Cl)cc2)C1. The molecule has 1 heterocycles. The lowest BCUT2D eigenvalue weighted by atomic mass is 9.99. The van der Waals surface area contributed by atoms with E-state index in [0.717, 1.165) is 19.3 Å². The van der Waals surface area contributed by atoms with E-state index in [1.54, 1.807) is 12.1 Å². The lowest BCUT2D eigenvalue weighted by Gasteiger charge is -2.31. The summed E-state index contributed by atoms with van der Waals surface area (Å²) >= 11 is 5.81. The Morgan fingerprint density at radius 2 is 2.04 bits per heavy atom. The van der Waals surface area contributed by atoms with E-state index in [2.05, 4.69) is 12.2 Å². The first kappa shape index (κ1) is 18.2. The van der Waals surface area contributed by atoms with Crippen molar-refractivity contribution in [3.05, 3.63) is 29.3 Å². The van der Waals surface area contributed by atoms with Crippen LogP contribution >= 0.6 is 11.6 Å². The summed E-state index contributed by atoms with van der Waals surface area (Å²) in [5, 5.41) is 3.39. The van der Waals surface area contributed by atoms with E-state index < -0.39 is 10.0 Å². The van der Waals surface area contributed by atoms with Crippen molar-refractivity contribution < 1.29 is 13.2 Å². The van der Waals surface area contributed by atoms with Gasteiger partial charge in [-0.25, -0.2) is 8.42 Å². The van der Waals surface area contributed by atoms with Gasteiger partial charge in [-0.3, -0.25) is 4.79 Å². The van der Waals surface area contributed by atoms with Crippen LogP contribution in [0, 0.1) is 5.92 Å². The molecule has 0 unspecified atom stereocenters. The molecule has 1 aliphatic heterocycles. The molecule has 23 heavy (non-hydrogen) atoms. The number of piperidine rings is 1. The highest BCUT2D eigenvalue weighted by Gasteiger charge is 2.33. The Labute approximate surface area is 143 Å². The first-order valence-electron chi connectivity index (χ1n) is 7.98. The van der Waals surface area contributed by atoms with E-state index in [-0.39, 0.29) is 23.3 Å². The minimum Gasteiger partial charge on any atom is -0.356 e. The molecular weight excluding hydrogens is 336 g/mol. The van der Waals surface area contributed by atoms with Crippen molar-refractivity contribution in [3.8, 4) is 0 Å². The Hall–Kier alpha value is -1.11. The summed E-state index contributed by atoms with van der Waals surface area (Å²) in [6, 6.07) is 6.13. The highest BCUT2D eigenvalue weighted by molar-refractivity contribution is 7.89. The van der Waals surface area contributed by atoms with Gasteiger partial charge in [0.2, 0.25) is 15.9 Å². The first-order valence-corrected chi connectivity index (χ1v) is 9.80. The Morgan fingerprint density at radius 1 is 1.35 bits per heavy atom. The van der Waals surface area contributed by atoms with E-state index in [1.807, 2.05) is 0 Å². The van der Waals surface area contributed by atoms with Crippen molar-refractivity contribution in [3.63, 3.8) is 0 Å². The molecule has 1 aromatic rings. The lowest BCUT2D eigenvalue weighted by molar-refractivity contribution is -0.126. The third-order valence-corrected chi connectivity index (χ3v) is 6.17. The zero-order chi connectivity index (χ0) is 16.9. The monoisotopic (exact) mass is 358 g/mol. The molecule has 1 fully saturated rings. The molecule has 2 rings (SSSR count). The van der Waals surface area contributed by atoms with Gasteiger partial charge in [0.05, 0.1) is 10.8 Å². The fourth-order valence-corrected chi connectivity index (χ4v) is 4.31. The molecular formula is C16H23ClN2O3S. The number of carbonyl (C=O) groups is 1. The molecule has 1 atom stereocenters. The van der Waals surface area contributed by atoms with Gasteiger partial charge in [-0.1, -0.05) is 24.9 Å². The summed E-state index contributed by atoms with van der Waals surface area (Å²) < 4.78 is 26.8. The minimum absolute atomic E-state index is 0.0468. The normalized spacial score (nSPS) is 19.5. The highest BCUT2D eigenvalue weighted by atomic mass is 35.5. The smallest absolute Gasteiger partial charge is 0.243 e. The van der Waals surface area contributed by atoms with Crippen LogP contribution in [0.5, 0.6) is 0 Å². The predicted octanol–water partition coefficient (Wildman–Crippen LogP) is 2.66. The molecule has 1 N–H and O–H groups in total. The van der Waals surface area contributed by atoms with Gasteiger partial charge in [0, 0.05) is 24.7 Å². The van der Waals surface area contributed by atoms with Crippen molar-refractivity contribution in [2.24, 2.45) is 5.92 Å². The Kier molecular flexibility index (Phi) is 6.44. The summed E-state index contributed by atoms with van der Waals surface area (Å²) in [4.78, 5) is 12.4. The molecule has 0 radical (unpaired) electrons. The van der Waals surface area contributed by atoms with Crippen LogP contribution in [0.4, 0.5) is 0 Å². The van der Waals surface area contributed by atoms with Crippen LogP contribution in [-0.4, -0.2) is 38.3 Å². The summed E-state index contributed by atoms with van der Waals surface area (Å²) in [6.45, 7) is 3.40. The van der Waals surface area contributed by atoms with Crippen molar-refractivity contribution in [2.45, 2.75) is 37.5 Å². The van der Waals surface area contributed by atoms with Crippen LogP contribution in [-0.2, 0) is 14.8 Å². The Balaban J connectivity index is 2.05. The molecule has 1 saturated heterocycles. The Morgan fingerprint density at radius 3 is 2.70 bits per heavy atom. The zero-order valence-corrected chi connectivity index (χ0v) is 14.9. The van der Waals surface area contributed by atoms with Crippen molar-refractivity contribution in [2.75, 3.05) is 19.6 Å². The van der Waals surface area contributed by atoms with Gasteiger partial charge in [-0.2, -0.15) is 4.31 Å². The van der Waals surface area contributed by atoms with Crippen LogP contribution in [0.2, 0.25) is 5.02 Å². The average Bonchev–Trinajstić information content (AvgIpc) is 2.55. The van der Waals surface area contributed by atoms with Gasteiger partial charge in [-0.05, 0) is 43.5 Å². The van der Waals surface area contributed by atoms with Crippen LogP contribution in [0.25, 0.3) is 0 Å². The molecule has 1 amide bonds. The molecule has 7 heteroatoms. The molecule has 0 saturated carbocycles. The Bertz CT molecular complexity index is 631. The second-order valence-corrected chi connectivity index (χ2v) is 8.18. The first-order chi connectivity index (χ1) is 10.9. The number of sulfonamides is 1. The van der Waals surface area contributed by atoms with Gasteiger partial charge >= 0.3 is 0 Å². The van der Waals surface area contributed by atoms with Crippen molar-refractivity contribution in [1.29, 1.82) is 0 Å². The number of rotatable bonds is 6. The molecule has 0 bridgehead atoms. The number of benzene rings is 1. The summed E-state index contributed by atoms with van der Waals surface area (Å²) in [7, 11) is -3.58. The number of amides is 1. The number of hydrogen-bond donors (Lipinski definition) is 1. The van der Waals surface area contributed by atoms with Crippen LogP contribution in [0.1, 0.15) is 32.6 Å². The number of carbonyl (C=O) groups excluding carboxylic acids is 1. The third-order valence-electron chi connectivity index (χ3n) is 4.04. The molecule has 128 valence electrons. The van der Waals surface area contributed by atoms with E-state index in [0.29, 0.717) is 24.5 Å².